The molecule has 1 aromatic rings. The van der Waals surface area contributed by atoms with Crippen molar-refractivity contribution in [2.75, 3.05) is 26.2 Å². The topological polar surface area (TPSA) is 69.6 Å². The van der Waals surface area contributed by atoms with E-state index in [-0.39, 0.29) is 5.92 Å². The molecule has 1 amide bonds. The van der Waals surface area contributed by atoms with E-state index in [0.29, 0.717) is 11.9 Å². The molecule has 0 atom stereocenters. The molecule has 0 spiro atoms. The van der Waals surface area contributed by atoms with Crippen molar-refractivity contribution in [3.05, 3.63) is 15.6 Å². The van der Waals surface area contributed by atoms with Crippen molar-refractivity contribution in [1.29, 1.82) is 0 Å². The van der Waals surface area contributed by atoms with Crippen LogP contribution in [0.3, 0.4) is 0 Å². The van der Waals surface area contributed by atoms with Gasteiger partial charge in [-0.15, -0.1) is 11.3 Å². The van der Waals surface area contributed by atoms with Crippen LogP contribution in [0.2, 0.25) is 0 Å². The second-order valence-corrected chi connectivity index (χ2v) is 8.80. The number of hydrogen-bond donors (Lipinski definition) is 2. The highest BCUT2D eigenvalue weighted by Crippen LogP contribution is 2.18. The standard InChI is InChI=1S/C21H37N5OS/c1-6-17(7-2)20(27)26-13-10-18(11-14-26)25-21(22-8-3)23-12-9-19-15(4)24-16(5)28-19/h17-18H,6-14H2,1-5H3,(H2,22,23,25). The number of rotatable bonds is 8. The van der Waals surface area contributed by atoms with Crippen LogP contribution in [0.5, 0.6) is 0 Å². The zero-order valence-corrected chi connectivity index (χ0v) is 19.0. The summed E-state index contributed by atoms with van der Waals surface area (Å²) in [7, 11) is 0. The monoisotopic (exact) mass is 407 g/mol. The van der Waals surface area contributed by atoms with Crippen LogP contribution in [-0.2, 0) is 11.2 Å². The first-order valence-corrected chi connectivity index (χ1v) is 11.6. The summed E-state index contributed by atoms with van der Waals surface area (Å²) in [4.78, 5) is 25.2. The summed E-state index contributed by atoms with van der Waals surface area (Å²) < 4.78 is 0. The largest absolute Gasteiger partial charge is 0.357 e. The van der Waals surface area contributed by atoms with E-state index >= 15 is 0 Å². The lowest BCUT2D eigenvalue weighted by atomic mass is 9.98. The number of carbonyl (C=O) groups is 1. The Morgan fingerprint density at radius 1 is 1.25 bits per heavy atom. The number of aromatic nitrogens is 1. The van der Waals surface area contributed by atoms with Crippen LogP contribution < -0.4 is 10.6 Å². The molecule has 0 bridgehead atoms. The lowest BCUT2D eigenvalue weighted by Gasteiger charge is -2.34. The Hall–Kier alpha value is -1.63. The number of piperidine rings is 1. The molecule has 0 unspecified atom stereocenters. The molecule has 28 heavy (non-hydrogen) atoms. The molecule has 1 aliphatic rings. The number of likely N-dealkylation sites (tertiary alicyclic amines) is 1. The third kappa shape index (κ3) is 6.47. The number of carbonyl (C=O) groups excluding carboxylic acids is 1. The summed E-state index contributed by atoms with van der Waals surface area (Å²) in [5.74, 6) is 1.40. The molecule has 0 saturated carbocycles. The van der Waals surface area contributed by atoms with Crippen LogP contribution in [-0.4, -0.2) is 54.0 Å². The molecular weight excluding hydrogens is 370 g/mol. The molecule has 1 aliphatic heterocycles. The van der Waals surface area contributed by atoms with Gasteiger partial charge in [-0.25, -0.2) is 4.98 Å². The molecule has 6 nitrogen and oxygen atoms in total. The number of thiazole rings is 1. The first-order chi connectivity index (χ1) is 13.5. The first-order valence-electron chi connectivity index (χ1n) is 10.7. The highest BCUT2D eigenvalue weighted by Gasteiger charge is 2.26. The van der Waals surface area contributed by atoms with Crippen LogP contribution >= 0.6 is 11.3 Å². The molecule has 0 aromatic carbocycles. The van der Waals surface area contributed by atoms with E-state index in [9.17, 15) is 4.79 Å². The van der Waals surface area contributed by atoms with Gasteiger partial charge in [-0.05, 0) is 46.5 Å². The van der Waals surface area contributed by atoms with E-state index in [1.807, 2.05) is 0 Å². The van der Waals surface area contributed by atoms with Crippen molar-refractivity contribution in [2.45, 2.75) is 72.8 Å². The van der Waals surface area contributed by atoms with E-state index in [1.54, 1.807) is 11.3 Å². The van der Waals surface area contributed by atoms with Gasteiger partial charge in [-0.2, -0.15) is 0 Å². The minimum Gasteiger partial charge on any atom is -0.357 e. The van der Waals surface area contributed by atoms with E-state index < -0.39 is 0 Å². The van der Waals surface area contributed by atoms with E-state index in [1.165, 1.54) is 4.88 Å². The lowest BCUT2D eigenvalue weighted by molar-refractivity contribution is -0.136. The molecule has 1 aromatic heterocycles. The molecular formula is C21H37N5OS. The molecule has 1 saturated heterocycles. The van der Waals surface area contributed by atoms with Crippen LogP contribution in [0.4, 0.5) is 0 Å². The van der Waals surface area contributed by atoms with Crippen molar-refractivity contribution in [2.24, 2.45) is 10.9 Å². The Morgan fingerprint density at radius 2 is 1.93 bits per heavy atom. The van der Waals surface area contributed by atoms with Crippen LogP contribution in [0.1, 0.15) is 62.0 Å². The molecule has 0 aliphatic carbocycles. The van der Waals surface area contributed by atoms with Crippen molar-refractivity contribution in [1.82, 2.24) is 20.5 Å². The smallest absolute Gasteiger partial charge is 0.225 e. The Morgan fingerprint density at radius 3 is 2.46 bits per heavy atom. The zero-order valence-electron chi connectivity index (χ0n) is 18.2. The van der Waals surface area contributed by atoms with Gasteiger partial charge in [0.15, 0.2) is 5.96 Å². The van der Waals surface area contributed by atoms with E-state index in [0.717, 1.165) is 74.9 Å². The number of amides is 1. The molecule has 158 valence electrons. The molecule has 0 radical (unpaired) electrons. The van der Waals surface area contributed by atoms with Gasteiger partial charge < -0.3 is 15.5 Å². The van der Waals surface area contributed by atoms with Crippen LogP contribution in [0.25, 0.3) is 0 Å². The van der Waals surface area contributed by atoms with Crippen molar-refractivity contribution < 1.29 is 4.79 Å². The summed E-state index contributed by atoms with van der Waals surface area (Å²) >= 11 is 1.77. The fourth-order valence-corrected chi connectivity index (χ4v) is 4.65. The normalized spacial score (nSPS) is 15.9. The highest BCUT2D eigenvalue weighted by molar-refractivity contribution is 7.11. The highest BCUT2D eigenvalue weighted by atomic mass is 32.1. The third-order valence-electron chi connectivity index (χ3n) is 5.43. The van der Waals surface area contributed by atoms with Crippen molar-refractivity contribution in [3.63, 3.8) is 0 Å². The molecule has 1 fully saturated rings. The summed E-state index contributed by atoms with van der Waals surface area (Å²) in [6.07, 6.45) is 4.75. The summed E-state index contributed by atoms with van der Waals surface area (Å²) in [5.41, 5.74) is 1.13. The average Bonchev–Trinajstić information content (AvgIpc) is 3.00. The SMILES string of the molecule is CCNC(=NCCc1sc(C)nc1C)NC1CCN(C(=O)C(CC)CC)CC1. The predicted octanol–water partition coefficient (Wildman–Crippen LogP) is 3.28. The zero-order chi connectivity index (χ0) is 20.5. The van der Waals surface area contributed by atoms with Gasteiger partial charge >= 0.3 is 0 Å². The fourth-order valence-electron chi connectivity index (χ4n) is 3.73. The van der Waals surface area contributed by atoms with Gasteiger partial charge in [0.05, 0.1) is 10.7 Å². The second-order valence-electron chi connectivity index (χ2n) is 7.51. The molecule has 7 heteroatoms. The number of aryl methyl sites for hydroxylation is 2. The maximum atomic E-state index is 12.6. The van der Waals surface area contributed by atoms with E-state index in [4.69, 9.17) is 4.99 Å². The number of nitrogens with one attached hydrogen (secondary N) is 2. The van der Waals surface area contributed by atoms with Gasteiger partial charge in [0.1, 0.15) is 0 Å². The predicted molar refractivity (Wildman–Crippen MR) is 118 cm³/mol. The Kier molecular flexibility index (Phi) is 9.22. The van der Waals surface area contributed by atoms with Crippen LogP contribution in [0.15, 0.2) is 4.99 Å². The molecule has 2 rings (SSSR count). The second kappa shape index (κ2) is 11.4. The van der Waals surface area contributed by atoms with Crippen molar-refractivity contribution in [3.8, 4) is 0 Å². The minimum absolute atomic E-state index is 0.183. The van der Waals surface area contributed by atoms with Crippen molar-refractivity contribution >= 4 is 23.2 Å². The number of guanidine groups is 1. The molecule has 2 heterocycles. The maximum Gasteiger partial charge on any atom is 0.225 e. The van der Waals surface area contributed by atoms with Gasteiger partial charge in [0.2, 0.25) is 5.91 Å². The number of nitrogens with zero attached hydrogens (tertiary/aromatic N) is 3. The Labute approximate surface area is 174 Å². The average molecular weight is 408 g/mol. The third-order valence-corrected chi connectivity index (χ3v) is 6.57. The Balaban J connectivity index is 1.84. The van der Waals surface area contributed by atoms with Gasteiger partial charge in [0, 0.05) is 49.4 Å². The van der Waals surface area contributed by atoms with Gasteiger partial charge in [-0.1, -0.05) is 13.8 Å². The lowest BCUT2D eigenvalue weighted by Crippen LogP contribution is -2.50. The summed E-state index contributed by atoms with van der Waals surface area (Å²) in [6, 6.07) is 0.371. The summed E-state index contributed by atoms with van der Waals surface area (Å²) in [6.45, 7) is 13.7. The van der Waals surface area contributed by atoms with Gasteiger partial charge in [0.25, 0.3) is 0 Å². The van der Waals surface area contributed by atoms with E-state index in [2.05, 4.69) is 55.1 Å². The first kappa shape index (κ1) is 22.7. The summed E-state index contributed by atoms with van der Waals surface area (Å²) in [5, 5.41) is 8.04. The number of aliphatic imine (C=N–C) groups is 1. The fraction of sp³-hybridized carbons (Fsp3) is 0.762. The minimum atomic E-state index is 0.183. The Bertz CT molecular complexity index is 645. The van der Waals surface area contributed by atoms with Gasteiger partial charge in [-0.3, -0.25) is 9.79 Å². The maximum absolute atomic E-state index is 12.6. The number of hydrogen-bond acceptors (Lipinski definition) is 4. The quantitative estimate of drug-likeness (QED) is 0.512. The van der Waals surface area contributed by atoms with Crippen LogP contribution in [0, 0.1) is 19.8 Å². The molecule has 2 N–H and O–H groups in total.